The molecule has 0 atom stereocenters. The van der Waals surface area contributed by atoms with E-state index in [-0.39, 0.29) is 24.8 Å². The van der Waals surface area contributed by atoms with Crippen LogP contribution in [0.15, 0.2) is 9.98 Å². The van der Waals surface area contributed by atoms with Gasteiger partial charge in [0.2, 0.25) is 0 Å². The zero-order chi connectivity index (χ0) is 15.1. The molecule has 0 aromatic rings. The first-order chi connectivity index (χ1) is 8.80. The molecule has 0 fully saturated rings. The van der Waals surface area contributed by atoms with Crippen molar-refractivity contribution in [2.24, 2.45) is 38.3 Å². The normalized spacial score (nSPS) is 10.6. The van der Waals surface area contributed by atoms with Crippen LogP contribution in [-0.4, -0.2) is 23.7 Å². The molecule has 0 spiro atoms. The average molecular weight is 270 g/mol. The van der Waals surface area contributed by atoms with Crippen LogP contribution in [-0.2, 0) is 9.59 Å². The van der Waals surface area contributed by atoms with Crippen molar-refractivity contribution in [1.29, 1.82) is 0 Å². The van der Waals surface area contributed by atoms with Crippen molar-refractivity contribution in [3.8, 4) is 0 Å². The van der Waals surface area contributed by atoms with Crippen molar-refractivity contribution >= 4 is 23.7 Å². The fraction of sp³-hybridized carbons (Fsp3) is 0.636. The Morgan fingerprint density at radius 1 is 0.842 bits per heavy atom. The summed E-state index contributed by atoms with van der Waals surface area (Å²) in [5, 5.41) is 0. The van der Waals surface area contributed by atoms with Gasteiger partial charge >= 0.3 is 0 Å². The van der Waals surface area contributed by atoms with Gasteiger partial charge in [0.05, 0.1) is 0 Å². The van der Waals surface area contributed by atoms with Gasteiger partial charge in [-0.2, -0.15) is 9.98 Å². The fourth-order valence-electron chi connectivity index (χ4n) is 1.95. The molecule has 19 heavy (non-hydrogen) atoms. The molecule has 0 heterocycles. The lowest BCUT2D eigenvalue weighted by Gasteiger charge is -2.26. The molecule has 108 valence electrons. The SMILES string of the molecule is CCCC(CCC)(C(=O)N=C(N)N)C(=O)N=C(N)N. The van der Waals surface area contributed by atoms with E-state index in [2.05, 4.69) is 9.98 Å². The molecule has 8 nitrogen and oxygen atoms in total. The van der Waals surface area contributed by atoms with Crippen LogP contribution in [0.5, 0.6) is 0 Å². The minimum atomic E-state index is -1.39. The third kappa shape index (κ3) is 4.57. The van der Waals surface area contributed by atoms with E-state index in [0.717, 1.165) is 0 Å². The van der Waals surface area contributed by atoms with Crippen LogP contribution in [0.2, 0.25) is 0 Å². The largest absolute Gasteiger partial charge is 0.370 e. The van der Waals surface area contributed by atoms with E-state index < -0.39 is 17.2 Å². The number of hydrogen-bond acceptors (Lipinski definition) is 2. The van der Waals surface area contributed by atoms with Crippen LogP contribution in [0.25, 0.3) is 0 Å². The summed E-state index contributed by atoms with van der Waals surface area (Å²) in [7, 11) is 0. The summed E-state index contributed by atoms with van der Waals surface area (Å²) in [6.45, 7) is 3.69. The van der Waals surface area contributed by atoms with Crippen LogP contribution in [0, 0.1) is 5.41 Å². The maximum atomic E-state index is 12.2. The van der Waals surface area contributed by atoms with Gasteiger partial charge in [0.15, 0.2) is 11.9 Å². The second-order valence-corrected chi connectivity index (χ2v) is 4.27. The van der Waals surface area contributed by atoms with E-state index >= 15 is 0 Å². The number of carbonyl (C=O) groups is 2. The Balaban J connectivity index is 5.66. The predicted octanol–water partition coefficient (Wildman–Crippen LogP) is -0.827. The van der Waals surface area contributed by atoms with Gasteiger partial charge in [0, 0.05) is 0 Å². The molecule has 0 saturated heterocycles. The molecule has 0 aliphatic heterocycles. The standard InChI is InChI=1S/C11H22N6O2/c1-3-5-11(6-4-2,7(18)16-9(12)13)8(19)17-10(14)15/h3-6H2,1-2H3,(H4,12,13,16,18)(H4,14,15,17,19). The molecular formula is C11H22N6O2. The quantitative estimate of drug-likeness (QED) is 0.279. The van der Waals surface area contributed by atoms with E-state index in [0.29, 0.717) is 12.8 Å². The van der Waals surface area contributed by atoms with Gasteiger partial charge in [0.25, 0.3) is 11.8 Å². The maximum absolute atomic E-state index is 12.2. The minimum absolute atomic E-state index is 0.284. The van der Waals surface area contributed by atoms with Crippen LogP contribution in [0.1, 0.15) is 39.5 Å². The lowest BCUT2D eigenvalue weighted by molar-refractivity contribution is -0.140. The Morgan fingerprint density at radius 2 is 1.16 bits per heavy atom. The van der Waals surface area contributed by atoms with Crippen molar-refractivity contribution in [2.45, 2.75) is 39.5 Å². The van der Waals surface area contributed by atoms with Crippen LogP contribution in [0.3, 0.4) is 0 Å². The van der Waals surface area contributed by atoms with Gasteiger partial charge in [0.1, 0.15) is 5.41 Å². The minimum Gasteiger partial charge on any atom is -0.370 e. The highest BCUT2D eigenvalue weighted by molar-refractivity contribution is 6.11. The Hall–Kier alpha value is -2.12. The number of hydrogen-bond donors (Lipinski definition) is 4. The fourth-order valence-corrected chi connectivity index (χ4v) is 1.95. The molecular weight excluding hydrogens is 248 g/mol. The summed E-state index contributed by atoms with van der Waals surface area (Å²) >= 11 is 0. The van der Waals surface area contributed by atoms with Gasteiger partial charge in [-0.3, -0.25) is 9.59 Å². The van der Waals surface area contributed by atoms with Gasteiger partial charge in [-0.1, -0.05) is 26.7 Å². The molecule has 0 radical (unpaired) electrons. The van der Waals surface area contributed by atoms with E-state index in [1.165, 1.54) is 0 Å². The maximum Gasteiger partial charge on any atom is 0.264 e. The molecule has 0 aliphatic carbocycles. The average Bonchev–Trinajstić information content (AvgIpc) is 2.26. The third-order valence-electron chi connectivity index (χ3n) is 2.63. The first-order valence-corrected chi connectivity index (χ1v) is 6.08. The molecule has 0 aliphatic rings. The summed E-state index contributed by atoms with van der Waals surface area (Å²) in [4.78, 5) is 31.3. The summed E-state index contributed by atoms with van der Waals surface area (Å²) in [5.74, 6) is -2.18. The highest BCUT2D eigenvalue weighted by atomic mass is 16.2. The molecule has 8 heteroatoms. The smallest absolute Gasteiger partial charge is 0.264 e. The van der Waals surface area contributed by atoms with Crippen molar-refractivity contribution in [3.63, 3.8) is 0 Å². The zero-order valence-electron chi connectivity index (χ0n) is 11.3. The molecule has 0 aromatic heterocycles. The lowest BCUT2D eigenvalue weighted by Crippen LogP contribution is -2.41. The molecule has 0 saturated carbocycles. The van der Waals surface area contributed by atoms with Crippen molar-refractivity contribution in [2.75, 3.05) is 0 Å². The Morgan fingerprint density at radius 3 is 1.37 bits per heavy atom. The number of amides is 2. The van der Waals surface area contributed by atoms with Gasteiger partial charge in [-0.25, -0.2) is 0 Å². The highest BCUT2D eigenvalue weighted by Crippen LogP contribution is 2.33. The van der Waals surface area contributed by atoms with E-state index in [9.17, 15) is 9.59 Å². The van der Waals surface area contributed by atoms with Gasteiger partial charge in [-0.15, -0.1) is 0 Å². The number of nitrogens with zero attached hydrogens (tertiary/aromatic N) is 2. The van der Waals surface area contributed by atoms with E-state index in [1.807, 2.05) is 13.8 Å². The van der Waals surface area contributed by atoms with Crippen molar-refractivity contribution in [1.82, 2.24) is 0 Å². The topological polar surface area (TPSA) is 163 Å². The first kappa shape index (κ1) is 16.9. The first-order valence-electron chi connectivity index (χ1n) is 6.08. The van der Waals surface area contributed by atoms with E-state index in [1.54, 1.807) is 0 Å². The zero-order valence-corrected chi connectivity index (χ0v) is 11.3. The third-order valence-corrected chi connectivity index (χ3v) is 2.63. The summed E-state index contributed by atoms with van der Waals surface area (Å²) < 4.78 is 0. The number of guanidine groups is 2. The predicted molar refractivity (Wildman–Crippen MR) is 73.9 cm³/mol. The molecule has 0 rings (SSSR count). The highest BCUT2D eigenvalue weighted by Gasteiger charge is 2.44. The van der Waals surface area contributed by atoms with Crippen LogP contribution < -0.4 is 22.9 Å². The molecule has 8 N–H and O–H groups in total. The van der Waals surface area contributed by atoms with Gasteiger partial charge < -0.3 is 22.9 Å². The summed E-state index contributed by atoms with van der Waals surface area (Å²) in [5.41, 5.74) is 19.4. The summed E-state index contributed by atoms with van der Waals surface area (Å²) in [6.07, 6.45) is 1.76. The molecule has 2 amide bonds. The number of aliphatic imine (C=N–C) groups is 2. The molecule has 0 bridgehead atoms. The molecule has 0 aromatic carbocycles. The van der Waals surface area contributed by atoms with Crippen molar-refractivity contribution < 1.29 is 9.59 Å². The number of carbonyl (C=O) groups excluding carboxylic acids is 2. The molecule has 0 unspecified atom stereocenters. The second kappa shape index (κ2) is 7.34. The van der Waals surface area contributed by atoms with E-state index in [4.69, 9.17) is 22.9 Å². The Labute approximate surface area is 112 Å². The van der Waals surface area contributed by atoms with Crippen LogP contribution >= 0.6 is 0 Å². The lowest BCUT2D eigenvalue weighted by atomic mass is 9.77. The van der Waals surface area contributed by atoms with Crippen molar-refractivity contribution in [3.05, 3.63) is 0 Å². The number of nitrogens with two attached hydrogens (primary N) is 4. The second-order valence-electron chi connectivity index (χ2n) is 4.27. The number of rotatable bonds is 6. The monoisotopic (exact) mass is 270 g/mol. The Kier molecular flexibility index (Phi) is 6.53. The van der Waals surface area contributed by atoms with Crippen LogP contribution in [0.4, 0.5) is 0 Å². The Bertz CT molecular complexity index is 356. The summed E-state index contributed by atoms with van der Waals surface area (Å²) in [6, 6.07) is 0. The van der Waals surface area contributed by atoms with Gasteiger partial charge in [-0.05, 0) is 12.8 Å².